The molecular formula is C21H15F3N4O2. The molecule has 2 aliphatic heterocycles. The zero-order valence-electron chi connectivity index (χ0n) is 15.6. The molecule has 9 heteroatoms. The second-order valence-corrected chi connectivity index (χ2v) is 7.19. The number of halogens is 3. The Morgan fingerprint density at radius 3 is 2.53 bits per heavy atom. The Bertz CT molecular complexity index is 1150. The van der Waals surface area contributed by atoms with Gasteiger partial charge in [0.05, 0.1) is 11.7 Å². The van der Waals surface area contributed by atoms with Crippen LogP contribution >= 0.6 is 0 Å². The molecule has 0 bridgehead atoms. The summed E-state index contributed by atoms with van der Waals surface area (Å²) in [4.78, 5) is 22.4. The zero-order valence-corrected chi connectivity index (χ0v) is 15.6. The molecule has 3 heterocycles. The smallest absolute Gasteiger partial charge is 0.329 e. The molecule has 1 fully saturated rings. The van der Waals surface area contributed by atoms with Gasteiger partial charge in [0, 0.05) is 29.8 Å². The molecule has 1 amide bonds. The van der Waals surface area contributed by atoms with E-state index in [1.54, 1.807) is 29.2 Å². The third-order valence-corrected chi connectivity index (χ3v) is 5.30. The number of hydrogen-bond acceptors (Lipinski definition) is 5. The summed E-state index contributed by atoms with van der Waals surface area (Å²) in [5.74, 6) is -1.56. The van der Waals surface area contributed by atoms with Gasteiger partial charge in [0.15, 0.2) is 0 Å². The van der Waals surface area contributed by atoms with Crippen LogP contribution in [0.15, 0.2) is 58.0 Å². The van der Waals surface area contributed by atoms with Gasteiger partial charge >= 0.3 is 12.1 Å². The fraction of sp³-hybridized carbons (Fsp3) is 0.238. The third-order valence-electron chi connectivity index (χ3n) is 5.30. The Labute approximate surface area is 169 Å². The van der Waals surface area contributed by atoms with E-state index in [1.165, 1.54) is 0 Å². The summed E-state index contributed by atoms with van der Waals surface area (Å²) < 4.78 is 42.3. The molecule has 0 N–H and O–H groups in total. The number of fused-ring (bicyclic) bond motifs is 1. The number of aliphatic imine (C=N–C) groups is 1. The number of alkyl halides is 3. The largest absolute Gasteiger partial charge is 0.471 e. The molecule has 0 radical (unpaired) electrons. The Balaban J connectivity index is 1.40. The van der Waals surface area contributed by atoms with Crippen LogP contribution in [0.4, 0.5) is 24.5 Å². The molecule has 0 saturated carbocycles. The lowest BCUT2D eigenvalue weighted by Gasteiger charge is -2.25. The number of benzene rings is 2. The Hall–Kier alpha value is -3.49. The molecule has 2 aliphatic rings. The summed E-state index contributed by atoms with van der Waals surface area (Å²) in [6.07, 6.45) is -2.90. The first-order valence-corrected chi connectivity index (χ1v) is 9.39. The summed E-state index contributed by atoms with van der Waals surface area (Å²) >= 11 is 0. The van der Waals surface area contributed by atoms with Crippen molar-refractivity contribution in [2.24, 2.45) is 4.99 Å². The molecule has 0 spiro atoms. The van der Waals surface area contributed by atoms with Crippen molar-refractivity contribution in [1.82, 2.24) is 10.1 Å². The number of hydrogen-bond donors (Lipinski definition) is 0. The molecule has 6 nitrogen and oxygen atoms in total. The number of rotatable bonds is 3. The van der Waals surface area contributed by atoms with E-state index in [9.17, 15) is 18.0 Å². The number of amides is 1. The van der Waals surface area contributed by atoms with Gasteiger partial charge < -0.3 is 9.42 Å². The highest BCUT2D eigenvalue weighted by Crippen LogP contribution is 2.35. The van der Waals surface area contributed by atoms with Crippen molar-refractivity contribution in [2.75, 3.05) is 4.90 Å². The van der Waals surface area contributed by atoms with Crippen molar-refractivity contribution in [2.45, 2.75) is 31.5 Å². The Kier molecular flexibility index (Phi) is 4.19. The van der Waals surface area contributed by atoms with Crippen LogP contribution in [0.5, 0.6) is 0 Å². The summed E-state index contributed by atoms with van der Waals surface area (Å²) in [5.41, 5.74) is 4.04. The van der Waals surface area contributed by atoms with Crippen molar-refractivity contribution >= 4 is 23.0 Å². The summed E-state index contributed by atoms with van der Waals surface area (Å²) in [7, 11) is 0. The Morgan fingerprint density at radius 2 is 1.83 bits per heavy atom. The van der Waals surface area contributed by atoms with Crippen LogP contribution in [0.25, 0.3) is 11.4 Å². The summed E-state index contributed by atoms with van der Waals surface area (Å²) in [6.45, 7) is 0. The van der Waals surface area contributed by atoms with Crippen LogP contribution in [-0.4, -0.2) is 27.8 Å². The van der Waals surface area contributed by atoms with Gasteiger partial charge in [-0.3, -0.25) is 9.79 Å². The number of carbonyl (C=O) groups is 1. The summed E-state index contributed by atoms with van der Waals surface area (Å²) in [5, 5.41) is 3.39. The van der Waals surface area contributed by atoms with E-state index in [0.717, 1.165) is 17.0 Å². The lowest BCUT2D eigenvalue weighted by molar-refractivity contribution is -0.159. The molecule has 5 rings (SSSR count). The van der Waals surface area contributed by atoms with Gasteiger partial charge in [0.25, 0.3) is 0 Å². The third kappa shape index (κ3) is 3.16. The highest BCUT2D eigenvalue weighted by molar-refractivity contribution is 6.08. The molecular weight excluding hydrogens is 397 g/mol. The second kappa shape index (κ2) is 6.79. The maximum Gasteiger partial charge on any atom is 0.471 e. The average molecular weight is 412 g/mol. The van der Waals surface area contributed by atoms with E-state index in [2.05, 4.69) is 14.7 Å². The van der Waals surface area contributed by atoms with Crippen LogP contribution in [0.1, 0.15) is 24.3 Å². The van der Waals surface area contributed by atoms with E-state index in [0.29, 0.717) is 30.5 Å². The van der Waals surface area contributed by atoms with Gasteiger partial charge in [-0.25, -0.2) is 0 Å². The zero-order chi connectivity index (χ0) is 20.9. The first-order chi connectivity index (χ1) is 14.4. The predicted octanol–water partition coefficient (Wildman–Crippen LogP) is 4.58. The predicted molar refractivity (Wildman–Crippen MR) is 102 cm³/mol. The fourth-order valence-electron chi connectivity index (χ4n) is 3.90. The van der Waals surface area contributed by atoms with Crippen LogP contribution < -0.4 is 4.90 Å². The first-order valence-electron chi connectivity index (χ1n) is 9.39. The average Bonchev–Trinajstić information content (AvgIpc) is 3.45. The van der Waals surface area contributed by atoms with Gasteiger partial charge in [-0.15, -0.1) is 0 Å². The van der Waals surface area contributed by atoms with E-state index in [1.807, 2.05) is 24.3 Å². The molecule has 1 aromatic heterocycles. The molecule has 1 atom stereocenters. The minimum atomic E-state index is -4.69. The van der Waals surface area contributed by atoms with Crippen molar-refractivity contribution in [3.63, 3.8) is 0 Å². The van der Waals surface area contributed by atoms with Crippen molar-refractivity contribution in [3.8, 4) is 11.4 Å². The lowest BCUT2D eigenvalue weighted by Crippen LogP contribution is -2.38. The van der Waals surface area contributed by atoms with E-state index < -0.39 is 12.1 Å². The fourth-order valence-corrected chi connectivity index (χ4v) is 3.90. The second-order valence-electron chi connectivity index (χ2n) is 7.19. The number of anilines is 1. The number of nitrogens with zero attached hydrogens (tertiary/aromatic N) is 4. The highest BCUT2D eigenvalue weighted by Gasteiger charge is 2.39. The number of aromatic nitrogens is 2. The monoisotopic (exact) mass is 412 g/mol. The molecule has 2 aromatic carbocycles. The molecule has 152 valence electrons. The Morgan fingerprint density at radius 1 is 1.07 bits per heavy atom. The van der Waals surface area contributed by atoms with Crippen molar-refractivity contribution in [3.05, 3.63) is 60.0 Å². The van der Waals surface area contributed by atoms with Gasteiger partial charge in [-0.2, -0.15) is 18.2 Å². The first kappa shape index (κ1) is 18.5. The lowest BCUT2D eigenvalue weighted by atomic mass is 10.0. The van der Waals surface area contributed by atoms with Crippen LogP contribution in [0.2, 0.25) is 0 Å². The molecule has 0 unspecified atom stereocenters. The standard InChI is InChI=1S/C21H15F3N4O2/c22-21(23,24)20-26-19(27-30-20)12-5-7-14(8-6-12)28-17(9-10-18(28)29)16-11-13-3-1-2-4-15(13)25-16/h1-8,17H,9-11H2/t17-/m0/s1. The minimum Gasteiger partial charge on any atom is -0.329 e. The van der Waals surface area contributed by atoms with Gasteiger partial charge in [0.2, 0.25) is 11.7 Å². The van der Waals surface area contributed by atoms with Crippen LogP contribution in [0.3, 0.4) is 0 Å². The normalized spacial score (nSPS) is 18.6. The van der Waals surface area contributed by atoms with E-state index in [4.69, 9.17) is 4.99 Å². The van der Waals surface area contributed by atoms with E-state index >= 15 is 0 Å². The van der Waals surface area contributed by atoms with Crippen molar-refractivity contribution in [1.29, 1.82) is 0 Å². The molecule has 3 aromatic rings. The molecule has 0 aliphatic carbocycles. The number of carbonyl (C=O) groups excluding carboxylic acids is 1. The maximum absolute atomic E-state index is 12.7. The van der Waals surface area contributed by atoms with Crippen LogP contribution in [-0.2, 0) is 17.4 Å². The summed E-state index contributed by atoms with van der Waals surface area (Å²) in [6, 6.07) is 14.3. The SMILES string of the molecule is O=C1CC[C@@H](C2=Nc3ccccc3C2)N1c1ccc(-c2noc(C(F)(F)F)n2)cc1. The minimum absolute atomic E-state index is 0.00896. The quantitative estimate of drug-likeness (QED) is 0.631. The highest BCUT2D eigenvalue weighted by atomic mass is 19.4. The molecule has 1 saturated heterocycles. The maximum atomic E-state index is 12.7. The number of para-hydroxylation sites is 1. The van der Waals surface area contributed by atoms with E-state index in [-0.39, 0.29) is 17.8 Å². The topological polar surface area (TPSA) is 71.6 Å². The van der Waals surface area contributed by atoms with Crippen molar-refractivity contribution < 1.29 is 22.5 Å². The van der Waals surface area contributed by atoms with Gasteiger partial charge in [-0.1, -0.05) is 23.4 Å². The van der Waals surface area contributed by atoms with Gasteiger partial charge in [0.1, 0.15) is 0 Å². The molecule has 30 heavy (non-hydrogen) atoms. The van der Waals surface area contributed by atoms with Gasteiger partial charge in [-0.05, 0) is 42.3 Å². The van der Waals surface area contributed by atoms with Crippen LogP contribution in [0, 0.1) is 0 Å².